The summed E-state index contributed by atoms with van der Waals surface area (Å²) in [5.41, 5.74) is 2.87. The fourth-order valence-corrected chi connectivity index (χ4v) is 2.49. The first-order chi connectivity index (χ1) is 11.3. The summed E-state index contributed by atoms with van der Waals surface area (Å²) in [6, 6.07) is 28.3. The molecule has 112 valence electrons. The molecule has 2 aromatic carbocycles. The summed E-state index contributed by atoms with van der Waals surface area (Å²) >= 11 is 0. The van der Waals surface area contributed by atoms with Crippen molar-refractivity contribution in [3.05, 3.63) is 95.7 Å². The molecule has 0 aliphatic heterocycles. The number of rotatable bonds is 5. The van der Waals surface area contributed by atoms with Gasteiger partial charge < -0.3 is 4.90 Å². The van der Waals surface area contributed by atoms with Crippen LogP contribution in [0.3, 0.4) is 0 Å². The van der Waals surface area contributed by atoms with Crippen molar-refractivity contribution in [1.29, 1.82) is 5.26 Å². The fourth-order valence-electron chi connectivity index (χ4n) is 2.49. The molecular weight excluding hydrogens is 282 g/mol. The molecular formula is C20H17N3. The van der Waals surface area contributed by atoms with Gasteiger partial charge in [0.25, 0.3) is 0 Å². The molecule has 0 spiro atoms. The molecule has 0 unspecified atom stereocenters. The molecule has 0 amide bonds. The van der Waals surface area contributed by atoms with Crippen LogP contribution in [0.2, 0.25) is 0 Å². The molecule has 0 atom stereocenters. The SMILES string of the molecule is N#Cc1cccc(N(Cc2ccccc2)Cc2ccccc2)n1. The largest absolute Gasteiger partial charge is 0.348 e. The van der Waals surface area contributed by atoms with E-state index in [2.05, 4.69) is 40.2 Å². The van der Waals surface area contributed by atoms with E-state index in [9.17, 15) is 0 Å². The summed E-state index contributed by atoms with van der Waals surface area (Å²) in [6.45, 7) is 1.50. The number of hydrogen-bond donors (Lipinski definition) is 0. The van der Waals surface area contributed by atoms with E-state index in [1.807, 2.05) is 48.5 Å². The molecule has 1 heterocycles. The van der Waals surface area contributed by atoms with Crippen LogP contribution in [0.1, 0.15) is 16.8 Å². The van der Waals surface area contributed by atoms with E-state index in [1.54, 1.807) is 6.07 Å². The van der Waals surface area contributed by atoms with Crippen LogP contribution in [0.25, 0.3) is 0 Å². The number of nitriles is 1. The number of anilines is 1. The highest BCUT2D eigenvalue weighted by molar-refractivity contribution is 5.43. The lowest BCUT2D eigenvalue weighted by molar-refractivity contribution is 0.782. The van der Waals surface area contributed by atoms with E-state index in [0.717, 1.165) is 18.9 Å². The van der Waals surface area contributed by atoms with Gasteiger partial charge in [0.1, 0.15) is 17.6 Å². The Balaban J connectivity index is 1.90. The Labute approximate surface area is 136 Å². The number of hydrogen-bond acceptors (Lipinski definition) is 3. The first-order valence-electron chi connectivity index (χ1n) is 7.55. The highest BCUT2D eigenvalue weighted by atomic mass is 15.2. The second kappa shape index (κ2) is 7.24. The predicted octanol–water partition coefficient (Wildman–Crippen LogP) is 4.16. The Morgan fingerprint density at radius 1 is 0.739 bits per heavy atom. The molecule has 0 saturated carbocycles. The lowest BCUT2D eigenvalue weighted by Crippen LogP contribution is -2.23. The van der Waals surface area contributed by atoms with Crippen molar-refractivity contribution < 1.29 is 0 Å². The first-order valence-corrected chi connectivity index (χ1v) is 7.55. The molecule has 3 rings (SSSR count). The van der Waals surface area contributed by atoms with Gasteiger partial charge in [-0.25, -0.2) is 4.98 Å². The lowest BCUT2D eigenvalue weighted by Gasteiger charge is -2.24. The van der Waals surface area contributed by atoms with Crippen LogP contribution in [0.15, 0.2) is 78.9 Å². The van der Waals surface area contributed by atoms with Crippen LogP contribution in [0.5, 0.6) is 0 Å². The molecule has 3 heteroatoms. The van der Waals surface area contributed by atoms with Crippen LogP contribution in [0, 0.1) is 11.3 Å². The molecule has 3 aromatic rings. The van der Waals surface area contributed by atoms with Crippen LogP contribution in [-0.2, 0) is 13.1 Å². The molecule has 0 fully saturated rings. The zero-order valence-electron chi connectivity index (χ0n) is 12.8. The molecule has 0 saturated heterocycles. The van der Waals surface area contributed by atoms with E-state index >= 15 is 0 Å². The third-order valence-electron chi connectivity index (χ3n) is 3.61. The Morgan fingerprint density at radius 2 is 1.30 bits per heavy atom. The van der Waals surface area contributed by atoms with E-state index < -0.39 is 0 Å². The maximum absolute atomic E-state index is 9.09. The molecule has 0 bridgehead atoms. The van der Waals surface area contributed by atoms with Crippen LogP contribution in [0.4, 0.5) is 5.82 Å². The quantitative estimate of drug-likeness (QED) is 0.710. The smallest absolute Gasteiger partial charge is 0.142 e. The van der Waals surface area contributed by atoms with Gasteiger partial charge in [0, 0.05) is 13.1 Å². The van der Waals surface area contributed by atoms with E-state index in [4.69, 9.17) is 5.26 Å². The van der Waals surface area contributed by atoms with Gasteiger partial charge in [0.2, 0.25) is 0 Å². The highest BCUT2D eigenvalue weighted by Gasteiger charge is 2.10. The number of aromatic nitrogens is 1. The van der Waals surface area contributed by atoms with Gasteiger partial charge >= 0.3 is 0 Å². The molecule has 3 nitrogen and oxygen atoms in total. The zero-order chi connectivity index (χ0) is 15.9. The first kappa shape index (κ1) is 14.8. The van der Waals surface area contributed by atoms with E-state index in [-0.39, 0.29) is 0 Å². The highest BCUT2D eigenvalue weighted by Crippen LogP contribution is 2.18. The molecule has 0 aliphatic rings. The summed E-state index contributed by atoms with van der Waals surface area (Å²) < 4.78 is 0. The third-order valence-corrected chi connectivity index (χ3v) is 3.61. The maximum atomic E-state index is 9.09. The van der Waals surface area contributed by atoms with Crippen molar-refractivity contribution in [1.82, 2.24) is 4.98 Å². The monoisotopic (exact) mass is 299 g/mol. The second-order valence-corrected chi connectivity index (χ2v) is 5.32. The van der Waals surface area contributed by atoms with Gasteiger partial charge in [-0.05, 0) is 23.3 Å². The minimum atomic E-state index is 0.439. The van der Waals surface area contributed by atoms with Crippen molar-refractivity contribution in [2.75, 3.05) is 4.90 Å². The van der Waals surface area contributed by atoms with Crippen molar-refractivity contribution in [3.63, 3.8) is 0 Å². The summed E-state index contributed by atoms with van der Waals surface area (Å²) in [7, 11) is 0. The summed E-state index contributed by atoms with van der Waals surface area (Å²) in [5.74, 6) is 0.816. The van der Waals surface area contributed by atoms with Crippen molar-refractivity contribution in [2.45, 2.75) is 13.1 Å². The topological polar surface area (TPSA) is 39.9 Å². The molecule has 0 aliphatic carbocycles. The van der Waals surface area contributed by atoms with Crippen molar-refractivity contribution >= 4 is 5.82 Å². The lowest BCUT2D eigenvalue weighted by atomic mass is 10.1. The van der Waals surface area contributed by atoms with E-state index in [1.165, 1.54) is 11.1 Å². The van der Waals surface area contributed by atoms with Gasteiger partial charge in [0.05, 0.1) is 0 Å². The van der Waals surface area contributed by atoms with Gasteiger partial charge in [-0.15, -0.1) is 0 Å². The van der Waals surface area contributed by atoms with Gasteiger partial charge in [-0.2, -0.15) is 5.26 Å². The van der Waals surface area contributed by atoms with Crippen LogP contribution in [-0.4, -0.2) is 4.98 Å². The van der Waals surface area contributed by atoms with Crippen LogP contribution < -0.4 is 4.90 Å². The number of benzene rings is 2. The molecule has 23 heavy (non-hydrogen) atoms. The van der Waals surface area contributed by atoms with E-state index in [0.29, 0.717) is 5.69 Å². The van der Waals surface area contributed by atoms with Crippen molar-refractivity contribution in [3.8, 4) is 6.07 Å². The average Bonchev–Trinajstić information content (AvgIpc) is 2.63. The molecule has 1 aromatic heterocycles. The Hall–Kier alpha value is -3.12. The number of pyridine rings is 1. The van der Waals surface area contributed by atoms with Gasteiger partial charge in [-0.1, -0.05) is 66.7 Å². The summed E-state index contributed by atoms with van der Waals surface area (Å²) in [4.78, 5) is 6.63. The number of nitrogens with zero attached hydrogens (tertiary/aromatic N) is 3. The maximum Gasteiger partial charge on any atom is 0.142 e. The summed E-state index contributed by atoms with van der Waals surface area (Å²) in [6.07, 6.45) is 0. The predicted molar refractivity (Wildman–Crippen MR) is 91.7 cm³/mol. The molecule has 0 radical (unpaired) electrons. The third kappa shape index (κ3) is 3.96. The fraction of sp³-hybridized carbons (Fsp3) is 0.100. The summed E-state index contributed by atoms with van der Waals surface area (Å²) in [5, 5.41) is 9.09. The Morgan fingerprint density at radius 3 is 1.83 bits per heavy atom. The van der Waals surface area contributed by atoms with Crippen molar-refractivity contribution in [2.24, 2.45) is 0 Å². The minimum Gasteiger partial charge on any atom is -0.348 e. The van der Waals surface area contributed by atoms with Gasteiger partial charge in [0.15, 0.2) is 0 Å². The second-order valence-electron chi connectivity index (χ2n) is 5.32. The Bertz CT molecular complexity index is 750. The molecule has 0 N–H and O–H groups in total. The van der Waals surface area contributed by atoms with Gasteiger partial charge in [-0.3, -0.25) is 0 Å². The standard InChI is InChI=1S/C20H17N3/c21-14-19-12-7-13-20(22-19)23(15-17-8-3-1-4-9-17)16-18-10-5-2-6-11-18/h1-13H,15-16H2. The minimum absolute atomic E-state index is 0.439. The average molecular weight is 299 g/mol. The normalized spacial score (nSPS) is 10.0. The van der Waals surface area contributed by atoms with Crippen LogP contribution >= 0.6 is 0 Å². The Kier molecular flexibility index (Phi) is 4.66. The zero-order valence-corrected chi connectivity index (χ0v) is 12.8.